The molecule has 0 saturated carbocycles. The molecule has 11 heteroatoms. The number of nitrogens with zero attached hydrogens (tertiary/aromatic N) is 3. The van der Waals surface area contributed by atoms with E-state index in [-0.39, 0.29) is 23.5 Å². The van der Waals surface area contributed by atoms with Gasteiger partial charge < -0.3 is 28.8 Å². The predicted molar refractivity (Wildman–Crippen MR) is 110 cm³/mol. The largest absolute Gasteiger partial charge is 0.473 e. The number of furan rings is 1. The first-order valence-corrected chi connectivity index (χ1v) is 10.0. The van der Waals surface area contributed by atoms with Crippen LogP contribution < -0.4 is 5.56 Å². The summed E-state index contributed by atoms with van der Waals surface area (Å²) in [6.07, 6.45) is 3.50. The fourth-order valence-electron chi connectivity index (χ4n) is 3.85. The molecule has 0 aliphatic carbocycles. The van der Waals surface area contributed by atoms with E-state index in [1.807, 2.05) is 11.0 Å². The number of aliphatic carboxylic acids is 2. The number of hydrogen-bond donors (Lipinski definition) is 2. The smallest absolute Gasteiger partial charge is 0.414 e. The van der Waals surface area contributed by atoms with Crippen LogP contribution in [0.5, 0.6) is 0 Å². The molecule has 0 spiro atoms. The first kappa shape index (κ1) is 23.2. The number of carboxylic acids is 2. The molecule has 2 aliphatic rings. The molecular formula is C21H25N3O8. The van der Waals surface area contributed by atoms with Crippen molar-refractivity contribution in [3.63, 3.8) is 0 Å². The molecule has 2 N–H and O–H groups in total. The Morgan fingerprint density at radius 2 is 1.84 bits per heavy atom. The van der Waals surface area contributed by atoms with E-state index in [1.165, 1.54) is 10.6 Å². The average molecular weight is 447 g/mol. The number of fused-ring (bicyclic) bond motifs is 1. The van der Waals surface area contributed by atoms with E-state index in [2.05, 4.69) is 4.90 Å². The van der Waals surface area contributed by atoms with Gasteiger partial charge in [0.15, 0.2) is 0 Å². The number of pyridine rings is 1. The van der Waals surface area contributed by atoms with Crippen molar-refractivity contribution in [1.82, 2.24) is 14.4 Å². The maximum atomic E-state index is 12.9. The zero-order valence-corrected chi connectivity index (χ0v) is 17.5. The molecule has 2 atom stereocenters. The molecule has 2 fully saturated rings. The second-order valence-corrected chi connectivity index (χ2v) is 7.66. The van der Waals surface area contributed by atoms with Crippen LogP contribution in [0.2, 0.25) is 0 Å². The van der Waals surface area contributed by atoms with Crippen LogP contribution in [-0.2, 0) is 27.9 Å². The van der Waals surface area contributed by atoms with E-state index in [1.54, 1.807) is 31.7 Å². The van der Waals surface area contributed by atoms with Gasteiger partial charge in [0.2, 0.25) is 0 Å². The standard InChI is InChI=1S/C19H23N3O4.C2H2O4/c1-20-16(3-2-4-18(20)23)19(24)22-11-15-10-21(6-8-26-17(15)12-22)9-14-5-7-25-13-14;3-1(4)2(5)6/h2-5,7,13,15,17H,6,8-12H2,1H3;(H,3,4)(H,5,6)/t15-,17+;/m0./s1. The molecular weight excluding hydrogens is 422 g/mol. The van der Waals surface area contributed by atoms with Gasteiger partial charge in [-0.1, -0.05) is 6.07 Å². The van der Waals surface area contributed by atoms with Crippen LogP contribution in [0.15, 0.2) is 46.0 Å². The molecule has 0 radical (unpaired) electrons. The minimum absolute atomic E-state index is 0.0500. The van der Waals surface area contributed by atoms with Gasteiger partial charge in [-0.05, 0) is 12.1 Å². The van der Waals surface area contributed by atoms with Crippen LogP contribution in [-0.4, -0.2) is 81.3 Å². The van der Waals surface area contributed by atoms with Crippen LogP contribution >= 0.6 is 0 Å². The van der Waals surface area contributed by atoms with Gasteiger partial charge in [0.1, 0.15) is 5.69 Å². The highest BCUT2D eigenvalue weighted by Crippen LogP contribution is 2.25. The maximum Gasteiger partial charge on any atom is 0.414 e. The Morgan fingerprint density at radius 1 is 1.09 bits per heavy atom. The van der Waals surface area contributed by atoms with Gasteiger partial charge in [0.05, 0.1) is 25.2 Å². The van der Waals surface area contributed by atoms with Crippen molar-refractivity contribution >= 4 is 17.8 Å². The van der Waals surface area contributed by atoms with Crippen molar-refractivity contribution in [2.24, 2.45) is 13.0 Å². The quantitative estimate of drug-likeness (QED) is 0.627. The Labute approximate surface area is 183 Å². The summed E-state index contributed by atoms with van der Waals surface area (Å²) in [7, 11) is 1.63. The van der Waals surface area contributed by atoms with Crippen molar-refractivity contribution in [1.29, 1.82) is 0 Å². The van der Waals surface area contributed by atoms with Gasteiger partial charge in [-0.15, -0.1) is 0 Å². The van der Waals surface area contributed by atoms with Crippen molar-refractivity contribution in [2.45, 2.75) is 12.6 Å². The second kappa shape index (κ2) is 10.2. The third-order valence-electron chi connectivity index (χ3n) is 5.47. The zero-order chi connectivity index (χ0) is 23.3. The van der Waals surface area contributed by atoms with Crippen LogP contribution in [0.3, 0.4) is 0 Å². The minimum atomic E-state index is -1.82. The number of likely N-dealkylation sites (tertiary alicyclic amines) is 1. The highest BCUT2D eigenvalue weighted by atomic mass is 16.5. The third kappa shape index (κ3) is 5.62. The monoisotopic (exact) mass is 447 g/mol. The van der Waals surface area contributed by atoms with Crippen LogP contribution in [0.1, 0.15) is 16.1 Å². The Kier molecular flexibility index (Phi) is 7.44. The second-order valence-electron chi connectivity index (χ2n) is 7.66. The molecule has 1 amide bonds. The molecule has 2 aromatic rings. The third-order valence-corrected chi connectivity index (χ3v) is 5.47. The highest BCUT2D eigenvalue weighted by molar-refractivity contribution is 6.27. The van der Waals surface area contributed by atoms with Crippen LogP contribution in [0, 0.1) is 5.92 Å². The zero-order valence-electron chi connectivity index (χ0n) is 17.5. The van der Waals surface area contributed by atoms with E-state index in [4.69, 9.17) is 29.0 Å². The van der Waals surface area contributed by atoms with Crippen molar-refractivity contribution in [3.8, 4) is 0 Å². The highest BCUT2D eigenvalue weighted by Gasteiger charge is 2.39. The summed E-state index contributed by atoms with van der Waals surface area (Å²) >= 11 is 0. The summed E-state index contributed by atoms with van der Waals surface area (Å²) in [6, 6.07) is 6.77. The normalized spacial score (nSPS) is 20.6. The molecule has 2 aliphatic heterocycles. The van der Waals surface area contributed by atoms with E-state index in [0.29, 0.717) is 25.4 Å². The Bertz CT molecular complexity index is 1000. The SMILES string of the molecule is Cn1c(C(=O)N2C[C@@H]3CN(Cc4ccoc4)CCO[C@@H]3C2)cccc1=O.O=C(O)C(=O)O. The summed E-state index contributed by atoms with van der Waals surface area (Å²) in [5.41, 5.74) is 1.39. The van der Waals surface area contributed by atoms with Gasteiger partial charge in [-0.3, -0.25) is 14.5 Å². The summed E-state index contributed by atoms with van der Waals surface area (Å²) in [5, 5.41) is 14.8. The predicted octanol–water partition coefficient (Wildman–Crippen LogP) is 0.107. The maximum absolute atomic E-state index is 12.9. The Balaban J connectivity index is 0.000000427. The van der Waals surface area contributed by atoms with E-state index in [0.717, 1.165) is 25.2 Å². The molecule has 0 aromatic carbocycles. The fraction of sp³-hybridized carbons (Fsp3) is 0.429. The number of amides is 1. The van der Waals surface area contributed by atoms with Crippen molar-refractivity contribution in [3.05, 3.63) is 58.4 Å². The lowest BCUT2D eigenvalue weighted by molar-refractivity contribution is -0.159. The van der Waals surface area contributed by atoms with E-state index in [9.17, 15) is 9.59 Å². The molecule has 4 heterocycles. The molecule has 172 valence electrons. The first-order chi connectivity index (χ1) is 15.3. The van der Waals surface area contributed by atoms with Gasteiger partial charge in [0, 0.05) is 57.3 Å². The Morgan fingerprint density at radius 3 is 2.50 bits per heavy atom. The topological polar surface area (TPSA) is 143 Å². The summed E-state index contributed by atoms with van der Waals surface area (Å²) in [6.45, 7) is 4.46. The number of carbonyl (C=O) groups is 3. The van der Waals surface area contributed by atoms with Gasteiger partial charge in [0.25, 0.3) is 11.5 Å². The van der Waals surface area contributed by atoms with Crippen molar-refractivity contribution in [2.75, 3.05) is 32.8 Å². The average Bonchev–Trinajstić information content (AvgIpc) is 3.36. The molecule has 2 aromatic heterocycles. The lowest BCUT2D eigenvalue weighted by Crippen LogP contribution is -2.35. The number of hydrogen-bond acceptors (Lipinski definition) is 7. The number of carbonyl (C=O) groups excluding carboxylic acids is 1. The molecule has 2 saturated heterocycles. The lowest BCUT2D eigenvalue weighted by Gasteiger charge is -2.23. The van der Waals surface area contributed by atoms with Crippen LogP contribution in [0.4, 0.5) is 0 Å². The number of ether oxygens (including phenoxy) is 1. The number of aromatic nitrogens is 1. The van der Waals surface area contributed by atoms with E-state index < -0.39 is 11.9 Å². The molecule has 4 rings (SSSR count). The van der Waals surface area contributed by atoms with Gasteiger partial charge >= 0.3 is 11.9 Å². The molecule has 0 unspecified atom stereocenters. The number of carboxylic acid groups (broad SMARTS) is 2. The van der Waals surface area contributed by atoms with Gasteiger partial charge in [-0.2, -0.15) is 0 Å². The van der Waals surface area contributed by atoms with Gasteiger partial charge in [-0.25, -0.2) is 9.59 Å². The Hall–Kier alpha value is -3.44. The van der Waals surface area contributed by atoms with Crippen LogP contribution in [0.25, 0.3) is 0 Å². The number of rotatable bonds is 3. The lowest BCUT2D eigenvalue weighted by atomic mass is 10.1. The minimum Gasteiger partial charge on any atom is -0.473 e. The molecule has 0 bridgehead atoms. The first-order valence-electron chi connectivity index (χ1n) is 10.0. The summed E-state index contributed by atoms with van der Waals surface area (Å²) in [4.78, 5) is 47.0. The van der Waals surface area contributed by atoms with E-state index >= 15 is 0 Å². The van der Waals surface area contributed by atoms with Crippen molar-refractivity contribution < 1.29 is 33.8 Å². The summed E-state index contributed by atoms with van der Waals surface area (Å²) < 4.78 is 12.6. The fourth-order valence-corrected chi connectivity index (χ4v) is 3.85. The summed E-state index contributed by atoms with van der Waals surface area (Å²) in [5.74, 6) is -3.48. The molecule has 11 nitrogen and oxygen atoms in total. The molecule has 32 heavy (non-hydrogen) atoms.